The van der Waals surface area contributed by atoms with Crippen LogP contribution < -0.4 is 0 Å². The maximum Gasteiger partial charge on any atom is 0.251 e. The third kappa shape index (κ3) is 2.59. The third-order valence-corrected chi connectivity index (χ3v) is 3.40. The van der Waals surface area contributed by atoms with Gasteiger partial charge in [-0.2, -0.15) is 4.68 Å². The molecule has 1 saturated carbocycles. The Hall–Kier alpha value is -1.92. The molecule has 1 aliphatic rings. The molecule has 7 heteroatoms. The van der Waals surface area contributed by atoms with E-state index in [9.17, 15) is 8.78 Å². The fraction of sp³-hybridized carbons (Fsp3) is 0.500. The van der Waals surface area contributed by atoms with Crippen molar-refractivity contribution >= 4 is 0 Å². The molecule has 2 aromatic heterocycles. The average molecular weight is 265 g/mol. The minimum absolute atomic E-state index is 0.0529. The summed E-state index contributed by atoms with van der Waals surface area (Å²) in [4.78, 5) is 8.12. The zero-order valence-corrected chi connectivity index (χ0v) is 10.2. The summed E-state index contributed by atoms with van der Waals surface area (Å²) in [6, 6.07) is 1.71. The smallest absolute Gasteiger partial charge is 0.220 e. The van der Waals surface area contributed by atoms with Gasteiger partial charge in [-0.1, -0.05) is 5.21 Å². The van der Waals surface area contributed by atoms with Crippen molar-refractivity contribution in [3.63, 3.8) is 0 Å². The lowest BCUT2D eigenvalue weighted by Crippen LogP contribution is -2.23. The Morgan fingerprint density at radius 3 is 2.53 bits per heavy atom. The Morgan fingerprint density at radius 2 is 1.84 bits per heavy atom. The molecule has 1 aliphatic carbocycles. The Morgan fingerprint density at radius 1 is 1.16 bits per heavy atom. The minimum Gasteiger partial charge on any atom is -0.220 e. The highest BCUT2D eigenvalue weighted by molar-refractivity contribution is 5.12. The van der Waals surface area contributed by atoms with Crippen LogP contribution in [-0.2, 0) is 0 Å². The average Bonchev–Trinajstić information content (AvgIpc) is 2.89. The molecule has 0 saturated heterocycles. The number of halogens is 2. The SMILES string of the molecule is FC1(F)CCC(c2cn(-c3ncccn3)nn2)CC1. The molecule has 5 nitrogen and oxygen atoms in total. The van der Waals surface area contributed by atoms with Gasteiger partial charge >= 0.3 is 0 Å². The minimum atomic E-state index is -2.52. The van der Waals surface area contributed by atoms with Crippen LogP contribution in [0.1, 0.15) is 37.3 Å². The Labute approximate surface area is 108 Å². The maximum atomic E-state index is 13.1. The van der Waals surface area contributed by atoms with Gasteiger partial charge in [0.25, 0.3) is 5.95 Å². The lowest BCUT2D eigenvalue weighted by atomic mass is 9.85. The summed E-state index contributed by atoms with van der Waals surface area (Å²) in [6.45, 7) is 0. The molecule has 0 radical (unpaired) electrons. The van der Waals surface area contributed by atoms with Crippen molar-refractivity contribution in [2.75, 3.05) is 0 Å². The predicted octanol–water partition coefficient (Wildman–Crippen LogP) is 2.35. The first-order valence-corrected chi connectivity index (χ1v) is 6.21. The van der Waals surface area contributed by atoms with Crippen molar-refractivity contribution in [2.24, 2.45) is 0 Å². The normalized spacial score (nSPS) is 19.5. The molecule has 2 aromatic rings. The van der Waals surface area contributed by atoms with E-state index in [1.54, 1.807) is 24.7 Å². The van der Waals surface area contributed by atoms with E-state index in [0.29, 0.717) is 18.8 Å². The van der Waals surface area contributed by atoms with E-state index in [1.807, 2.05) is 0 Å². The molecule has 0 bridgehead atoms. The fourth-order valence-electron chi connectivity index (χ4n) is 2.31. The number of hydrogen-bond acceptors (Lipinski definition) is 4. The van der Waals surface area contributed by atoms with Gasteiger partial charge in [-0.05, 0) is 18.9 Å². The summed E-state index contributed by atoms with van der Waals surface area (Å²) in [7, 11) is 0. The second-order valence-electron chi connectivity index (χ2n) is 4.77. The molecule has 3 rings (SSSR count). The molecule has 0 amide bonds. The van der Waals surface area contributed by atoms with Gasteiger partial charge in [0.2, 0.25) is 5.92 Å². The van der Waals surface area contributed by atoms with Gasteiger partial charge in [0.15, 0.2) is 0 Å². The van der Waals surface area contributed by atoms with Gasteiger partial charge < -0.3 is 0 Å². The highest BCUT2D eigenvalue weighted by atomic mass is 19.3. The molecule has 19 heavy (non-hydrogen) atoms. The van der Waals surface area contributed by atoms with Crippen LogP contribution in [0.3, 0.4) is 0 Å². The number of rotatable bonds is 2. The summed E-state index contributed by atoms with van der Waals surface area (Å²) < 4.78 is 27.7. The lowest BCUT2D eigenvalue weighted by Gasteiger charge is -2.26. The highest BCUT2D eigenvalue weighted by Gasteiger charge is 2.36. The first kappa shape index (κ1) is 12.1. The van der Waals surface area contributed by atoms with E-state index in [0.717, 1.165) is 5.69 Å². The van der Waals surface area contributed by atoms with Gasteiger partial charge in [-0.25, -0.2) is 18.7 Å². The lowest BCUT2D eigenvalue weighted by molar-refractivity contribution is -0.0384. The third-order valence-electron chi connectivity index (χ3n) is 3.40. The molecule has 0 spiro atoms. The molecular weight excluding hydrogens is 252 g/mol. The summed E-state index contributed by atoms with van der Waals surface area (Å²) >= 11 is 0. The van der Waals surface area contributed by atoms with E-state index in [-0.39, 0.29) is 18.8 Å². The van der Waals surface area contributed by atoms with Crippen LogP contribution in [-0.4, -0.2) is 30.9 Å². The van der Waals surface area contributed by atoms with Crippen molar-refractivity contribution < 1.29 is 8.78 Å². The molecule has 0 atom stereocenters. The Bertz CT molecular complexity index is 544. The van der Waals surface area contributed by atoms with E-state index in [1.165, 1.54) is 4.68 Å². The second-order valence-corrected chi connectivity index (χ2v) is 4.77. The van der Waals surface area contributed by atoms with Gasteiger partial charge in [0.1, 0.15) is 0 Å². The van der Waals surface area contributed by atoms with E-state index >= 15 is 0 Å². The summed E-state index contributed by atoms with van der Waals surface area (Å²) in [5.74, 6) is -2.03. The first-order chi connectivity index (χ1) is 9.14. The van der Waals surface area contributed by atoms with Gasteiger partial charge in [-0.3, -0.25) is 0 Å². The zero-order valence-electron chi connectivity index (χ0n) is 10.2. The molecule has 2 heterocycles. The quantitative estimate of drug-likeness (QED) is 0.836. The Balaban J connectivity index is 1.76. The molecule has 0 N–H and O–H groups in total. The van der Waals surface area contributed by atoms with Crippen molar-refractivity contribution in [3.05, 3.63) is 30.4 Å². The summed E-state index contributed by atoms with van der Waals surface area (Å²) in [5.41, 5.74) is 0.739. The van der Waals surface area contributed by atoms with Crippen molar-refractivity contribution in [2.45, 2.75) is 37.5 Å². The van der Waals surface area contributed by atoms with Crippen molar-refractivity contribution in [3.8, 4) is 5.95 Å². The van der Waals surface area contributed by atoms with Crippen molar-refractivity contribution in [1.82, 2.24) is 25.0 Å². The molecule has 0 unspecified atom stereocenters. The monoisotopic (exact) mass is 265 g/mol. The topological polar surface area (TPSA) is 56.5 Å². The Kier molecular flexibility index (Phi) is 2.96. The number of hydrogen-bond donors (Lipinski definition) is 0. The van der Waals surface area contributed by atoms with Crippen LogP contribution in [0.4, 0.5) is 8.78 Å². The van der Waals surface area contributed by atoms with Crippen LogP contribution in [0.15, 0.2) is 24.7 Å². The highest BCUT2D eigenvalue weighted by Crippen LogP contribution is 2.40. The molecule has 0 aliphatic heterocycles. The van der Waals surface area contributed by atoms with Crippen molar-refractivity contribution in [1.29, 1.82) is 0 Å². The second kappa shape index (κ2) is 4.64. The van der Waals surface area contributed by atoms with Crippen LogP contribution in [0.2, 0.25) is 0 Å². The maximum absolute atomic E-state index is 13.1. The van der Waals surface area contributed by atoms with Crippen LogP contribution in [0.5, 0.6) is 0 Å². The van der Waals surface area contributed by atoms with E-state index < -0.39 is 5.92 Å². The number of nitrogens with zero attached hydrogens (tertiary/aromatic N) is 5. The molecule has 0 aromatic carbocycles. The van der Waals surface area contributed by atoms with Gasteiger partial charge in [-0.15, -0.1) is 5.10 Å². The van der Waals surface area contributed by atoms with Crippen LogP contribution >= 0.6 is 0 Å². The first-order valence-electron chi connectivity index (χ1n) is 6.21. The van der Waals surface area contributed by atoms with E-state index in [4.69, 9.17) is 0 Å². The van der Waals surface area contributed by atoms with E-state index in [2.05, 4.69) is 20.3 Å². The molecule has 100 valence electrons. The standard InChI is InChI=1S/C12H13F2N5/c13-12(14)4-2-9(3-5-12)10-8-19(18-17-10)11-15-6-1-7-16-11/h1,6-9H,2-5H2. The molecule has 1 fully saturated rings. The van der Waals surface area contributed by atoms with Gasteiger partial charge in [0.05, 0.1) is 11.9 Å². The largest absolute Gasteiger partial charge is 0.251 e. The summed E-state index contributed by atoms with van der Waals surface area (Å²) in [5, 5.41) is 8.00. The van der Waals surface area contributed by atoms with Crippen LogP contribution in [0.25, 0.3) is 5.95 Å². The zero-order chi connectivity index (χ0) is 13.3. The van der Waals surface area contributed by atoms with Crippen LogP contribution in [0, 0.1) is 0 Å². The molecular formula is C12H13F2N5. The number of aromatic nitrogens is 5. The predicted molar refractivity (Wildman–Crippen MR) is 63.1 cm³/mol. The summed E-state index contributed by atoms with van der Waals surface area (Å²) in [6.07, 6.45) is 5.70. The van der Waals surface area contributed by atoms with Gasteiger partial charge in [0, 0.05) is 31.2 Å². The fourth-order valence-corrected chi connectivity index (χ4v) is 2.31. The number of alkyl halides is 2.